The molecule has 4 rings (SSSR count). The molecule has 3 aliphatic rings. The van der Waals surface area contributed by atoms with E-state index in [0.717, 1.165) is 35.5 Å². The number of sulfonamides is 1. The molecule has 0 bridgehead atoms. The van der Waals surface area contributed by atoms with Crippen LogP contribution in [0.2, 0.25) is 0 Å². The van der Waals surface area contributed by atoms with E-state index >= 15 is 0 Å². The fraction of sp³-hybridized carbons (Fsp3) is 0.526. The Kier molecular flexibility index (Phi) is 5.18. The molecule has 2 fully saturated rings. The molecule has 2 aliphatic heterocycles. The fourth-order valence-corrected chi connectivity index (χ4v) is 5.05. The summed E-state index contributed by atoms with van der Waals surface area (Å²) in [6.45, 7) is 1.02. The van der Waals surface area contributed by atoms with Crippen molar-refractivity contribution >= 4 is 33.6 Å². The number of amides is 4. The summed E-state index contributed by atoms with van der Waals surface area (Å²) in [7, 11) is -3.76. The number of fused-ring (bicyclic) bond motifs is 1. The molecule has 1 aromatic rings. The lowest BCUT2D eigenvalue weighted by molar-refractivity contribution is -0.139. The minimum Gasteiger partial charge on any atom is -0.370 e. The number of carbonyl (C=O) groups is 3. The van der Waals surface area contributed by atoms with Gasteiger partial charge in [-0.3, -0.25) is 15.0 Å². The van der Waals surface area contributed by atoms with Gasteiger partial charge in [0, 0.05) is 25.2 Å². The molecule has 1 saturated carbocycles. The monoisotopic (exact) mass is 435 g/mol. The molecule has 4 amide bonds. The normalized spacial score (nSPS) is 20.4. The third kappa shape index (κ3) is 3.74. The summed E-state index contributed by atoms with van der Waals surface area (Å²) in [5.41, 5.74) is 3.27. The first kappa shape index (κ1) is 20.6. The van der Waals surface area contributed by atoms with Gasteiger partial charge < -0.3 is 10.2 Å². The smallest absolute Gasteiger partial charge is 0.344 e. The first-order valence-electron chi connectivity index (χ1n) is 10.1. The van der Waals surface area contributed by atoms with E-state index in [-0.39, 0.29) is 17.2 Å². The summed E-state index contributed by atoms with van der Waals surface area (Å²) in [6, 6.07) is 4.10. The largest absolute Gasteiger partial charge is 0.370 e. The van der Waals surface area contributed by atoms with Crippen molar-refractivity contribution in [2.75, 3.05) is 18.0 Å². The number of nitrogens with two attached hydrogens (primary N) is 1. The van der Waals surface area contributed by atoms with Crippen molar-refractivity contribution in [2.45, 2.75) is 55.4 Å². The van der Waals surface area contributed by atoms with Crippen LogP contribution in [0, 0.1) is 0 Å². The Balaban J connectivity index is 1.35. The highest BCUT2D eigenvalue weighted by atomic mass is 32.2. The van der Waals surface area contributed by atoms with Gasteiger partial charge in [-0.15, -0.1) is 0 Å². The van der Waals surface area contributed by atoms with Crippen molar-refractivity contribution in [3.05, 3.63) is 23.8 Å². The second kappa shape index (κ2) is 7.55. The first-order chi connectivity index (χ1) is 14.2. The van der Waals surface area contributed by atoms with Crippen LogP contribution in [0.5, 0.6) is 0 Å². The number of nitrogens with one attached hydrogen (secondary N) is 2. The van der Waals surface area contributed by atoms with Gasteiger partial charge in [-0.1, -0.05) is 19.3 Å². The maximum absolute atomic E-state index is 12.7. The van der Waals surface area contributed by atoms with Crippen LogP contribution >= 0.6 is 0 Å². The molecule has 162 valence electrons. The molecular weight excluding hydrogens is 410 g/mol. The van der Waals surface area contributed by atoms with Crippen LogP contribution in [-0.4, -0.2) is 49.9 Å². The Hall–Kier alpha value is -2.66. The molecule has 1 saturated heterocycles. The molecule has 10 nitrogen and oxygen atoms in total. The van der Waals surface area contributed by atoms with Gasteiger partial charge in [0.05, 0.1) is 4.90 Å². The summed E-state index contributed by atoms with van der Waals surface area (Å²) in [6.07, 6.45) is 4.69. The second-order valence-corrected chi connectivity index (χ2v) is 9.63. The van der Waals surface area contributed by atoms with Crippen molar-refractivity contribution in [1.29, 1.82) is 0 Å². The van der Waals surface area contributed by atoms with E-state index in [0.29, 0.717) is 32.4 Å². The Morgan fingerprint density at radius 2 is 1.93 bits per heavy atom. The number of imide groups is 1. The summed E-state index contributed by atoms with van der Waals surface area (Å²) >= 11 is 0. The van der Waals surface area contributed by atoms with Crippen LogP contribution in [0.1, 0.15) is 44.1 Å². The molecule has 11 heteroatoms. The maximum atomic E-state index is 12.7. The Morgan fingerprint density at radius 3 is 2.63 bits per heavy atom. The molecule has 0 aromatic heterocycles. The zero-order valence-electron chi connectivity index (χ0n) is 16.5. The van der Waals surface area contributed by atoms with Crippen LogP contribution in [0.3, 0.4) is 0 Å². The molecule has 1 aliphatic carbocycles. The van der Waals surface area contributed by atoms with Gasteiger partial charge in [0.15, 0.2) is 0 Å². The Bertz CT molecular complexity index is 1000. The first-order valence-corrected chi connectivity index (χ1v) is 11.6. The molecule has 0 atom stereocenters. The van der Waals surface area contributed by atoms with Crippen LogP contribution in [-0.2, 0) is 26.0 Å². The third-order valence-corrected chi connectivity index (χ3v) is 7.00. The Labute approximate surface area is 174 Å². The highest BCUT2D eigenvalue weighted by Gasteiger charge is 2.52. The molecule has 1 spiro atoms. The third-order valence-electron chi connectivity index (χ3n) is 6.09. The maximum Gasteiger partial charge on any atom is 0.344 e. The van der Waals surface area contributed by atoms with E-state index in [9.17, 15) is 22.8 Å². The van der Waals surface area contributed by atoms with Gasteiger partial charge in [-0.2, -0.15) is 5.01 Å². The average molecular weight is 436 g/mol. The average Bonchev–Trinajstić information content (AvgIpc) is 3.20. The number of rotatable bonds is 5. The highest BCUT2D eigenvalue weighted by molar-refractivity contribution is 7.89. The van der Waals surface area contributed by atoms with Gasteiger partial charge in [-0.25, -0.2) is 18.4 Å². The topological polar surface area (TPSA) is 142 Å². The van der Waals surface area contributed by atoms with Gasteiger partial charge in [0.25, 0.3) is 5.91 Å². The quantitative estimate of drug-likeness (QED) is 0.571. The number of hydrazine groups is 1. The minimum atomic E-state index is -3.76. The van der Waals surface area contributed by atoms with E-state index in [1.165, 1.54) is 6.07 Å². The molecule has 0 unspecified atom stereocenters. The minimum absolute atomic E-state index is 0.0658. The lowest BCUT2D eigenvalue weighted by atomic mass is 9.82. The molecule has 0 radical (unpaired) electrons. The predicted octanol–water partition coefficient (Wildman–Crippen LogP) is 0.373. The van der Waals surface area contributed by atoms with Crippen molar-refractivity contribution in [3.63, 3.8) is 0 Å². The number of anilines is 1. The number of urea groups is 1. The number of nitrogens with zero attached hydrogens (tertiary/aromatic N) is 2. The lowest BCUT2D eigenvalue weighted by Crippen LogP contribution is -2.51. The SMILES string of the molecule is NS(=O)(=O)c1ccc2c(c1)CCN2CCC(=O)NN1C(=O)NC2(CCCCC2)C1=O. The van der Waals surface area contributed by atoms with Crippen LogP contribution < -0.4 is 20.8 Å². The highest BCUT2D eigenvalue weighted by Crippen LogP contribution is 2.33. The zero-order chi connectivity index (χ0) is 21.5. The Morgan fingerprint density at radius 1 is 1.20 bits per heavy atom. The summed E-state index contributed by atoms with van der Waals surface area (Å²) in [5, 5.41) is 8.74. The zero-order valence-corrected chi connectivity index (χ0v) is 17.3. The summed E-state index contributed by atoms with van der Waals surface area (Å²) in [5.74, 6) is -0.816. The van der Waals surface area contributed by atoms with Gasteiger partial charge in [-0.05, 0) is 43.0 Å². The van der Waals surface area contributed by atoms with E-state index < -0.39 is 27.5 Å². The second-order valence-electron chi connectivity index (χ2n) is 8.07. The van der Waals surface area contributed by atoms with E-state index in [4.69, 9.17) is 5.14 Å². The van der Waals surface area contributed by atoms with E-state index in [1.54, 1.807) is 12.1 Å². The standard InChI is InChI=1S/C19H25N5O5S/c20-30(28,29)14-4-5-15-13(12-14)6-10-23(15)11-7-16(25)22-24-17(26)19(21-18(24)27)8-2-1-3-9-19/h4-5,12H,1-3,6-11H2,(H,21,27)(H,22,25)(H2,20,28,29). The number of hydrogen-bond acceptors (Lipinski definition) is 6. The number of primary sulfonamides is 1. The fourth-order valence-electron chi connectivity index (χ4n) is 4.49. The number of carbonyl (C=O) groups excluding carboxylic acids is 3. The van der Waals surface area contributed by atoms with Gasteiger partial charge in [0.1, 0.15) is 5.54 Å². The van der Waals surface area contributed by atoms with Crippen molar-refractivity contribution in [1.82, 2.24) is 15.8 Å². The predicted molar refractivity (Wildman–Crippen MR) is 108 cm³/mol. The van der Waals surface area contributed by atoms with Crippen molar-refractivity contribution in [2.24, 2.45) is 5.14 Å². The number of hydrogen-bond donors (Lipinski definition) is 3. The van der Waals surface area contributed by atoms with Crippen LogP contribution in [0.25, 0.3) is 0 Å². The van der Waals surface area contributed by atoms with Crippen LogP contribution in [0.15, 0.2) is 23.1 Å². The molecule has 1 aromatic carbocycles. The van der Waals surface area contributed by atoms with Gasteiger partial charge in [0.2, 0.25) is 15.9 Å². The molecule has 4 N–H and O–H groups in total. The summed E-state index contributed by atoms with van der Waals surface area (Å²) < 4.78 is 23.0. The van der Waals surface area contributed by atoms with Crippen LogP contribution in [0.4, 0.5) is 10.5 Å². The number of benzene rings is 1. The molecule has 2 heterocycles. The van der Waals surface area contributed by atoms with E-state index in [1.807, 2.05) is 4.90 Å². The van der Waals surface area contributed by atoms with E-state index in [2.05, 4.69) is 10.7 Å². The van der Waals surface area contributed by atoms with Crippen molar-refractivity contribution < 1.29 is 22.8 Å². The lowest BCUT2D eigenvalue weighted by Gasteiger charge is -2.30. The molecular formula is C19H25N5O5S. The summed E-state index contributed by atoms with van der Waals surface area (Å²) in [4.78, 5) is 39.4. The molecule has 30 heavy (non-hydrogen) atoms. The van der Waals surface area contributed by atoms with Crippen molar-refractivity contribution in [3.8, 4) is 0 Å². The van der Waals surface area contributed by atoms with Gasteiger partial charge >= 0.3 is 6.03 Å².